The first-order chi connectivity index (χ1) is 14.3. The normalized spacial score (nSPS) is 15.2. The van der Waals surface area contributed by atoms with Crippen LogP contribution in [0.5, 0.6) is 0 Å². The van der Waals surface area contributed by atoms with Crippen molar-refractivity contribution in [2.24, 2.45) is 0 Å². The van der Waals surface area contributed by atoms with Gasteiger partial charge in [0, 0.05) is 12.0 Å². The molecule has 2 aromatic heterocycles. The van der Waals surface area contributed by atoms with Gasteiger partial charge in [-0.05, 0) is 42.2 Å². The Labute approximate surface area is 168 Å². The van der Waals surface area contributed by atoms with Crippen LogP contribution < -0.4 is 0 Å². The summed E-state index contributed by atoms with van der Waals surface area (Å²) < 4.78 is 17.9. The summed E-state index contributed by atoms with van der Waals surface area (Å²) >= 11 is 0. The van der Waals surface area contributed by atoms with E-state index in [0.717, 1.165) is 34.3 Å². The Bertz CT molecular complexity index is 1080. The molecule has 0 saturated carbocycles. The first-order valence-electron chi connectivity index (χ1n) is 9.81. The fourth-order valence-electron chi connectivity index (χ4n) is 3.81. The van der Waals surface area contributed by atoms with Gasteiger partial charge in [0.15, 0.2) is 17.8 Å². The molecule has 0 aliphatic carbocycles. The van der Waals surface area contributed by atoms with Gasteiger partial charge >= 0.3 is 0 Å². The maximum atomic E-state index is 6.02. The Morgan fingerprint density at radius 2 is 1.90 bits per heavy atom. The van der Waals surface area contributed by atoms with Crippen molar-refractivity contribution in [3.05, 3.63) is 76.4 Å². The molecular weight excluding hydrogens is 368 g/mol. The molecule has 148 valence electrons. The van der Waals surface area contributed by atoms with E-state index in [-0.39, 0.29) is 6.29 Å². The lowest BCUT2D eigenvalue weighted by molar-refractivity contribution is -0.183. The minimum Gasteiger partial charge on any atom is -0.440 e. The van der Waals surface area contributed by atoms with Crippen molar-refractivity contribution in [3.8, 4) is 0 Å². The van der Waals surface area contributed by atoms with Gasteiger partial charge in [-0.15, -0.1) is 0 Å². The van der Waals surface area contributed by atoms with Crippen molar-refractivity contribution in [2.45, 2.75) is 32.5 Å². The predicted octanol–water partition coefficient (Wildman–Crippen LogP) is 3.87. The molecule has 1 aliphatic rings. The molecule has 0 spiro atoms. The molecule has 4 aromatic rings. The second kappa shape index (κ2) is 7.77. The SMILES string of the molecule is Cc1ccc(C2OCCCO2)c(Cc2nc3ccccc3o2)c1Cc1cn[nH]n1. The molecule has 0 unspecified atom stereocenters. The van der Waals surface area contributed by atoms with E-state index in [1.165, 1.54) is 11.1 Å². The van der Waals surface area contributed by atoms with Gasteiger partial charge in [-0.2, -0.15) is 15.4 Å². The first-order valence-corrected chi connectivity index (χ1v) is 9.81. The molecule has 1 aliphatic heterocycles. The average Bonchev–Trinajstić information content (AvgIpc) is 3.40. The highest BCUT2D eigenvalue weighted by atomic mass is 16.7. The number of aromatic amines is 1. The van der Waals surface area contributed by atoms with E-state index in [2.05, 4.69) is 39.5 Å². The number of hydrogen-bond donors (Lipinski definition) is 1. The zero-order valence-electron chi connectivity index (χ0n) is 16.2. The van der Waals surface area contributed by atoms with Crippen LogP contribution in [0.1, 0.15) is 46.5 Å². The maximum Gasteiger partial charge on any atom is 0.199 e. The maximum absolute atomic E-state index is 6.02. The van der Waals surface area contributed by atoms with Crippen molar-refractivity contribution in [3.63, 3.8) is 0 Å². The monoisotopic (exact) mass is 390 g/mol. The first kappa shape index (κ1) is 18.0. The van der Waals surface area contributed by atoms with Crippen LogP contribution in [0.4, 0.5) is 0 Å². The topological polar surface area (TPSA) is 86.1 Å². The van der Waals surface area contributed by atoms with Crippen LogP contribution in [0.25, 0.3) is 11.1 Å². The molecule has 1 saturated heterocycles. The second-order valence-corrected chi connectivity index (χ2v) is 7.25. The number of nitrogens with one attached hydrogen (secondary N) is 1. The number of nitrogens with zero attached hydrogens (tertiary/aromatic N) is 3. The van der Waals surface area contributed by atoms with E-state index in [1.54, 1.807) is 6.20 Å². The highest BCUT2D eigenvalue weighted by Crippen LogP contribution is 2.32. The Balaban J connectivity index is 1.59. The largest absolute Gasteiger partial charge is 0.440 e. The number of benzene rings is 2. The summed E-state index contributed by atoms with van der Waals surface area (Å²) in [5, 5.41) is 10.9. The lowest BCUT2D eigenvalue weighted by atomic mass is 9.91. The van der Waals surface area contributed by atoms with Gasteiger partial charge in [0.2, 0.25) is 0 Å². The number of rotatable bonds is 5. The third-order valence-electron chi connectivity index (χ3n) is 5.27. The Morgan fingerprint density at radius 1 is 1.03 bits per heavy atom. The summed E-state index contributed by atoms with van der Waals surface area (Å²) in [4.78, 5) is 4.68. The highest BCUT2D eigenvalue weighted by Gasteiger charge is 2.24. The van der Waals surface area contributed by atoms with Crippen molar-refractivity contribution < 1.29 is 13.9 Å². The molecule has 5 rings (SSSR count). The summed E-state index contributed by atoms with van der Waals surface area (Å²) in [7, 11) is 0. The molecule has 29 heavy (non-hydrogen) atoms. The van der Waals surface area contributed by atoms with Crippen LogP contribution in [0, 0.1) is 6.92 Å². The van der Waals surface area contributed by atoms with Crippen LogP contribution in [-0.4, -0.2) is 33.6 Å². The van der Waals surface area contributed by atoms with Crippen LogP contribution in [-0.2, 0) is 22.3 Å². The van der Waals surface area contributed by atoms with Crippen molar-refractivity contribution in [2.75, 3.05) is 13.2 Å². The van der Waals surface area contributed by atoms with E-state index in [0.29, 0.717) is 31.9 Å². The molecule has 7 heteroatoms. The zero-order valence-corrected chi connectivity index (χ0v) is 16.2. The van der Waals surface area contributed by atoms with Crippen molar-refractivity contribution in [1.82, 2.24) is 20.4 Å². The fourth-order valence-corrected chi connectivity index (χ4v) is 3.81. The van der Waals surface area contributed by atoms with Crippen molar-refractivity contribution in [1.29, 1.82) is 0 Å². The molecular formula is C22H22N4O3. The number of fused-ring (bicyclic) bond motifs is 1. The predicted molar refractivity (Wildman–Crippen MR) is 106 cm³/mol. The average molecular weight is 390 g/mol. The number of aryl methyl sites for hydroxylation is 1. The minimum absolute atomic E-state index is 0.375. The smallest absolute Gasteiger partial charge is 0.199 e. The highest BCUT2D eigenvalue weighted by molar-refractivity contribution is 5.72. The van der Waals surface area contributed by atoms with Gasteiger partial charge in [-0.25, -0.2) is 4.98 Å². The van der Waals surface area contributed by atoms with E-state index in [1.807, 2.05) is 24.3 Å². The molecule has 1 fully saturated rings. The zero-order chi connectivity index (χ0) is 19.6. The lowest BCUT2D eigenvalue weighted by Crippen LogP contribution is -2.20. The Kier molecular flexibility index (Phi) is 4.83. The van der Waals surface area contributed by atoms with E-state index >= 15 is 0 Å². The lowest BCUT2D eigenvalue weighted by Gasteiger charge is -2.27. The molecule has 3 heterocycles. The van der Waals surface area contributed by atoms with Gasteiger partial charge in [0.25, 0.3) is 0 Å². The molecule has 0 amide bonds. The second-order valence-electron chi connectivity index (χ2n) is 7.25. The molecule has 0 radical (unpaired) electrons. The Hall–Kier alpha value is -3.03. The van der Waals surface area contributed by atoms with Gasteiger partial charge < -0.3 is 13.9 Å². The van der Waals surface area contributed by atoms with Crippen LogP contribution in [0.2, 0.25) is 0 Å². The van der Waals surface area contributed by atoms with Crippen LogP contribution in [0.15, 0.2) is 47.0 Å². The van der Waals surface area contributed by atoms with E-state index < -0.39 is 0 Å². The molecule has 7 nitrogen and oxygen atoms in total. The number of para-hydroxylation sites is 2. The molecule has 2 aromatic carbocycles. The summed E-state index contributed by atoms with van der Waals surface area (Å²) in [5.41, 5.74) is 7.03. The molecule has 0 bridgehead atoms. The van der Waals surface area contributed by atoms with Gasteiger partial charge in [-0.3, -0.25) is 0 Å². The minimum atomic E-state index is -0.375. The van der Waals surface area contributed by atoms with E-state index in [4.69, 9.17) is 13.9 Å². The van der Waals surface area contributed by atoms with E-state index in [9.17, 15) is 0 Å². The van der Waals surface area contributed by atoms with Crippen molar-refractivity contribution >= 4 is 11.1 Å². The Morgan fingerprint density at radius 3 is 2.69 bits per heavy atom. The summed E-state index contributed by atoms with van der Waals surface area (Å²) in [6, 6.07) is 12.0. The standard InChI is InChI=1S/C22H22N4O3/c1-14-7-8-16(22-27-9-4-10-28-22)18(17(14)11-15-13-23-26-25-15)12-21-24-19-5-2-3-6-20(19)29-21/h2-3,5-8,13,22H,4,9-12H2,1H3,(H,23,25,26). The quantitative estimate of drug-likeness (QED) is 0.557. The fraction of sp³-hybridized carbons (Fsp3) is 0.318. The number of H-pyrrole nitrogens is 1. The number of hydrogen-bond acceptors (Lipinski definition) is 6. The summed E-state index contributed by atoms with van der Waals surface area (Å²) in [6.45, 7) is 3.50. The number of aromatic nitrogens is 4. The van der Waals surface area contributed by atoms with Gasteiger partial charge in [0.1, 0.15) is 5.52 Å². The molecule has 1 N–H and O–H groups in total. The third-order valence-corrected chi connectivity index (χ3v) is 5.27. The number of oxazole rings is 1. The van der Waals surface area contributed by atoms with Crippen LogP contribution >= 0.6 is 0 Å². The van der Waals surface area contributed by atoms with Gasteiger partial charge in [-0.1, -0.05) is 24.3 Å². The number of ether oxygens (including phenoxy) is 2. The van der Waals surface area contributed by atoms with Gasteiger partial charge in [0.05, 0.1) is 31.5 Å². The van der Waals surface area contributed by atoms with Crippen LogP contribution in [0.3, 0.4) is 0 Å². The summed E-state index contributed by atoms with van der Waals surface area (Å²) in [6.07, 6.45) is 3.51. The third kappa shape index (κ3) is 3.66. The molecule has 0 atom stereocenters. The summed E-state index contributed by atoms with van der Waals surface area (Å²) in [5.74, 6) is 0.676.